The van der Waals surface area contributed by atoms with Crippen LogP contribution in [0.4, 0.5) is 4.39 Å². The highest BCUT2D eigenvalue weighted by Gasteiger charge is 2.08. The minimum absolute atomic E-state index is 0.00158. The predicted octanol–water partition coefficient (Wildman–Crippen LogP) is 1.68. The van der Waals surface area contributed by atoms with Crippen molar-refractivity contribution in [1.29, 1.82) is 0 Å². The molecular formula is C10H9ClFNO3. The lowest BCUT2D eigenvalue weighted by Crippen LogP contribution is -2.26. The molecule has 0 aromatic heterocycles. The molecule has 0 aliphatic rings. The molecule has 0 unspecified atom stereocenters. The third-order valence-electron chi connectivity index (χ3n) is 1.81. The predicted molar refractivity (Wildman–Crippen MR) is 56.0 cm³/mol. The Bertz CT molecular complexity index is 423. The first kappa shape index (κ1) is 12.4. The van der Waals surface area contributed by atoms with E-state index >= 15 is 0 Å². The van der Waals surface area contributed by atoms with Crippen molar-refractivity contribution in [3.05, 3.63) is 34.6 Å². The maximum Gasteiger partial charge on any atom is 0.305 e. The van der Waals surface area contributed by atoms with Crippen molar-refractivity contribution in [3.63, 3.8) is 0 Å². The monoisotopic (exact) mass is 245 g/mol. The number of rotatable bonds is 4. The number of hydrogen-bond donors (Lipinski definition) is 2. The lowest BCUT2D eigenvalue weighted by molar-refractivity contribution is -0.136. The number of amides is 1. The Morgan fingerprint density at radius 3 is 2.69 bits per heavy atom. The van der Waals surface area contributed by atoms with Crippen molar-refractivity contribution in [2.45, 2.75) is 6.42 Å². The highest BCUT2D eigenvalue weighted by Crippen LogP contribution is 2.15. The van der Waals surface area contributed by atoms with Crippen LogP contribution in [-0.4, -0.2) is 23.5 Å². The van der Waals surface area contributed by atoms with Crippen molar-refractivity contribution < 1.29 is 19.1 Å². The number of benzene rings is 1. The second-order valence-electron chi connectivity index (χ2n) is 3.03. The van der Waals surface area contributed by atoms with E-state index in [1.165, 1.54) is 12.1 Å². The number of carbonyl (C=O) groups is 2. The molecule has 2 N–H and O–H groups in total. The molecule has 1 aromatic carbocycles. The van der Waals surface area contributed by atoms with Crippen LogP contribution in [-0.2, 0) is 4.79 Å². The number of carboxylic acid groups (broad SMARTS) is 1. The van der Waals surface area contributed by atoms with Gasteiger partial charge in [0.05, 0.1) is 11.4 Å². The van der Waals surface area contributed by atoms with Crippen LogP contribution in [0.5, 0.6) is 0 Å². The lowest BCUT2D eigenvalue weighted by atomic mass is 10.2. The fourth-order valence-corrected chi connectivity index (χ4v) is 1.14. The minimum atomic E-state index is -1.01. The molecule has 86 valence electrons. The van der Waals surface area contributed by atoms with Gasteiger partial charge in [-0.1, -0.05) is 11.6 Å². The Kier molecular flexibility index (Phi) is 4.25. The molecule has 0 heterocycles. The normalized spacial score (nSPS) is 9.88. The Morgan fingerprint density at radius 1 is 1.44 bits per heavy atom. The smallest absolute Gasteiger partial charge is 0.305 e. The zero-order valence-corrected chi connectivity index (χ0v) is 8.92. The van der Waals surface area contributed by atoms with Gasteiger partial charge in [0.25, 0.3) is 5.91 Å². The van der Waals surface area contributed by atoms with E-state index < -0.39 is 17.7 Å². The Morgan fingerprint density at radius 2 is 2.12 bits per heavy atom. The molecule has 16 heavy (non-hydrogen) atoms. The summed E-state index contributed by atoms with van der Waals surface area (Å²) in [5.74, 6) is -2.23. The summed E-state index contributed by atoms with van der Waals surface area (Å²) in [6.07, 6.45) is -0.179. The second-order valence-corrected chi connectivity index (χ2v) is 3.44. The summed E-state index contributed by atoms with van der Waals surface area (Å²) < 4.78 is 13.0. The van der Waals surface area contributed by atoms with Crippen molar-refractivity contribution in [1.82, 2.24) is 5.32 Å². The van der Waals surface area contributed by atoms with Gasteiger partial charge in [0, 0.05) is 12.1 Å². The van der Waals surface area contributed by atoms with Crippen LogP contribution in [0, 0.1) is 5.82 Å². The van der Waals surface area contributed by atoms with Gasteiger partial charge >= 0.3 is 5.97 Å². The molecule has 0 aliphatic heterocycles. The van der Waals surface area contributed by atoms with Gasteiger partial charge in [0.2, 0.25) is 0 Å². The number of carboxylic acids is 1. The van der Waals surface area contributed by atoms with Crippen LogP contribution in [0.15, 0.2) is 18.2 Å². The van der Waals surface area contributed by atoms with Crippen LogP contribution in [0.1, 0.15) is 16.8 Å². The summed E-state index contributed by atoms with van der Waals surface area (Å²) >= 11 is 5.45. The minimum Gasteiger partial charge on any atom is -0.481 e. The average molecular weight is 246 g/mol. The van der Waals surface area contributed by atoms with E-state index in [9.17, 15) is 14.0 Å². The molecule has 1 rings (SSSR count). The van der Waals surface area contributed by atoms with Gasteiger partial charge in [-0.05, 0) is 18.2 Å². The van der Waals surface area contributed by atoms with Crippen molar-refractivity contribution >= 4 is 23.5 Å². The van der Waals surface area contributed by atoms with E-state index in [1.54, 1.807) is 0 Å². The van der Waals surface area contributed by atoms with Crippen LogP contribution in [0.3, 0.4) is 0 Å². The van der Waals surface area contributed by atoms with Crippen LogP contribution in [0.2, 0.25) is 5.02 Å². The largest absolute Gasteiger partial charge is 0.481 e. The molecule has 4 nitrogen and oxygen atoms in total. The maximum absolute atomic E-state index is 13.0. The van der Waals surface area contributed by atoms with Gasteiger partial charge < -0.3 is 10.4 Å². The van der Waals surface area contributed by atoms with Gasteiger partial charge in [-0.3, -0.25) is 9.59 Å². The maximum atomic E-state index is 13.0. The molecule has 0 spiro atoms. The van der Waals surface area contributed by atoms with E-state index in [4.69, 9.17) is 16.7 Å². The topological polar surface area (TPSA) is 66.4 Å². The first-order chi connectivity index (χ1) is 7.50. The average Bonchev–Trinajstić information content (AvgIpc) is 2.21. The summed E-state index contributed by atoms with van der Waals surface area (Å²) in [6, 6.07) is 3.63. The molecule has 0 atom stereocenters. The standard InChI is InChI=1S/C10H9ClFNO3/c11-7-2-1-6(5-8(7)12)10(16)13-4-3-9(14)15/h1-2,5H,3-4H2,(H,13,16)(H,14,15). The molecule has 0 bridgehead atoms. The molecule has 0 fully saturated rings. The Labute approximate surface area is 96.0 Å². The van der Waals surface area contributed by atoms with Crippen LogP contribution < -0.4 is 5.32 Å². The zero-order valence-electron chi connectivity index (χ0n) is 8.17. The van der Waals surface area contributed by atoms with Gasteiger partial charge in [-0.25, -0.2) is 4.39 Å². The second kappa shape index (κ2) is 5.46. The number of aliphatic carboxylic acids is 1. The summed E-state index contributed by atoms with van der Waals surface area (Å²) in [4.78, 5) is 21.6. The summed E-state index contributed by atoms with van der Waals surface area (Å²) in [5, 5.41) is 10.6. The quantitative estimate of drug-likeness (QED) is 0.848. The third kappa shape index (κ3) is 3.51. The molecular weight excluding hydrogens is 237 g/mol. The lowest BCUT2D eigenvalue weighted by Gasteiger charge is -2.03. The number of nitrogens with one attached hydrogen (secondary N) is 1. The molecule has 6 heteroatoms. The fourth-order valence-electron chi connectivity index (χ4n) is 1.02. The number of halogens is 2. The first-order valence-electron chi connectivity index (χ1n) is 4.45. The Balaban J connectivity index is 2.59. The van der Waals surface area contributed by atoms with E-state index in [0.29, 0.717) is 0 Å². The molecule has 0 aliphatic carbocycles. The van der Waals surface area contributed by atoms with E-state index in [2.05, 4.69) is 5.32 Å². The van der Waals surface area contributed by atoms with Crippen molar-refractivity contribution in [3.8, 4) is 0 Å². The van der Waals surface area contributed by atoms with Crippen molar-refractivity contribution in [2.75, 3.05) is 6.54 Å². The molecule has 0 saturated carbocycles. The molecule has 0 radical (unpaired) electrons. The number of carbonyl (C=O) groups excluding carboxylic acids is 1. The highest BCUT2D eigenvalue weighted by atomic mass is 35.5. The first-order valence-corrected chi connectivity index (χ1v) is 4.83. The van der Waals surface area contributed by atoms with Gasteiger partial charge in [0.15, 0.2) is 0 Å². The third-order valence-corrected chi connectivity index (χ3v) is 2.11. The van der Waals surface area contributed by atoms with E-state index in [-0.39, 0.29) is 23.6 Å². The van der Waals surface area contributed by atoms with Gasteiger partial charge in [-0.15, -0.1) is 0 Å². The highest BCUT2D eigenvalue weighted by molar-refractivity contribution is 6.30. The van der Waals surface area contributed by atoms with Gasteiger partial charge in [-0.2, -0.15) is 0 Å². The molecule has 1 aromatic rings. The van der Waals surface area contributed by atoms with Crippen LogP contribution in [0.25, 0.3) is 0 Å². The molecule has 1 amide bonds. The summed E-state index contributed by atoms with van der Waals surface area (Å²) in [6.45, 7) is -0.00158. The van der Waals surface area contributed by atoms with Crippen molar-refractivity contribution in [2.24, 2.45) is 0 Å². The summed E-state index contributed by atoms with van der Waals surface area (Å²) in [5.41, 5.74) is 0.104. The molecule has 0 saturated heterocycles. The van der Waals surface area contributed by atoms with E-state index in [1.807, 2.05) is 0 Å². The number of hydrogen-bond acceptors (Lipinski definition) is 2. The summed E-state index contributed by atoms with van der Waals surface area (Å²) in [7, 11) is 0. The van der Waals surface area contributed by atoms with Gasteiger partial charge in [0.1, 0.15) is 5.82 Å². The fraction of sp³-hybridized carbons (Fsp3) is 0.200. The SMILES string of the molecule is O=C(O)CCNC(=O)c1ccc(Cl)c(F)c1. The zero-order chi connectivity index (χ0) is 12.1. The Hall–Kier alpha value is -1.62. The van der Waals surface area contributed by atoms with E-state index in [0.717, 1.165) is 6.07 Å². The van der Waals surface area contributed by atoms with Crippen LogP contribution >= 0.6 is 11.6 Å².